The fourth-order valence-electron chi connectivity index (χ4n) is 3.19. The summed E-state index contributed by atoms with van der Waals surface area (Å²) in [6.45, 7) is 2.00. The van der Waals surface area contributed by atoms with E-state index in [9.17, 15) is 14.7 Å². The number of hydrogen-bond acceptors (Lipinski definition) is 3. The van der Waals surface area contributed by atoms with E-state index in [-0.39, 0.29) is 0 Å². The van der Waals surface area contributed by atoms with Gasteiger partial charge in [-0.15, -0.1) is 0 Å². The molecule has 2 aromatic rings. The zero-order chi connectivity index (χ0) is 17.3. The molecule has 1 aliphatic rings. The van der Waals surface area contributed by atoms with Crippen molar-refractivity contribution in [2.24, 2.45) is 0 Å². The number of aliphatic hydroxyl groups excluding tert-OH is 1. The first-order chi connectivity index (χ1) is 11.5. The Morgan fingerprint density at radius 3 is 2.62 bits per heavy atom. The lowest BCUT2D eigenvalue weighted by atomic mass is 10.0. The highest BCUT2D eigenvalue weighted by Gasteiger charge is 2.21. The third kappa shape index (κ3) is 3.12. The standard InChI is InChI=1S/C19H22N2O3/c1-12(22)10-11-21(2)19(24)18(23)20-16-9-8-14-7-6-13-4-3-5-15(16)17(13)14/h3-5,8-9,12,22H,6-7,10-11H2,1-2H3,(H,20,23). The number of benzene rings is 2. The Bertz CT molecular complexity index is 788. The summed E-state index contributed by atoms with van der Waals surface area (Å²) in [5, 5.41) is 14.2. The maximum Gasteiger partial charge on any atom is 0.313 e. The molecular formula is C19H22N2O3. The monoisotopic (exact) mass is 326 g/mol. The van der Waals surface area contributed by atoms with Crippen molar-refractivity contribution in [1.82, 2.24) is 4.90 Å². The van der Waals surface area contributed by atoms with Crippen LogP contribution in [0.5, 0.6) is 0 Å². The minimum absolute atomic E-state index is 0.341. The van der Waals surface area contributed by atoms with Crippen LogP contribution >= 0.6 is 0 Å². The van der Waals surface area contributed by atoms with Crippen molar-refractivity contribution in [1.29, 1.82) is 0 Å². The predicted octanol–water partition coefficient (Wildman–Crippen LogP) is 2.11. The van der Waals surface area contributed by atoms with Crippen molar-refractivity contribution in [2.45, 2.75) is 32.3 Å². The minimum atomic E-state index is -0.651. The number of amides is 2. The van der Waals surface area contributed by atoms with Crippen LogP contribution in [0.25, 0.3) is 10.8 Å². The number of anilines is 1. The molecule has 0 heterocycles. The van der Waals surface area contributed by atoms with Crippen LogP contribution in [0.3, 0.4) is 0 Å². The normalized spacial score (nSPS) is 13.8. The highest BCUT2D eigenvalue weighted by Crippen LogP contribution is 2.34. The van der Waals surface area contributed by atoms with Crippen LogP contribution in [-0.4, -0.2) is 41.5 Å². The molecule has 2 aromatic carbocycles. The van der Waals surface area contributed by atoms with Crippen molar-refractivity contribution < 1.29 is 14.7 Å². The van der Waals surface area contributed by atoms with E-state index < -0.39 is 17.9 Å². The SMILES string of the molecule is CC(O)CCN(C)C(=O)C(=O)Nc1ccc2c3c(cccc13)CC2. The quantitative estimate of drug-likeness (QED) is 0.846. The van der Waals surface area contributed by atoms with Gasteiger partial charge in [-0.25, -0.2) is 0 Å². The van der Waals surface area contributed by atoms with Gasteiger partial charge in [0.05, 0.1) is 6.10 Å². The Morgan fingerprint density at radius 2 is 1.92 bits per heavy atom. The van der Waals surface area contributed by atoms with Gasteiger partial charge in [0.1, 0.15) is 0 Å². The highest BCUT2D eigenvalue weighted by atomic mass is 16.3. The molecule has 1 aliphatic carbocycles. The number of carbonyl (C=O) groups excluding carboxylic acids is 2. The number of carbonyl (C=O) groups is 2. The Balaban J connectivity index is 1.78. The molecule has 5 heteroatoms. The van der Waals surface area contributed by atoms with Gasteiger partial charge < -0.3 is 15.3 Å². The number of likely N-dealkylation sites (N-methyl/N-ethyl adjacent to an activating group) is 1. The van der Waals surface area contributed by atoms with E-state index in [0.29, 0.717) is 18.7 Å². The van der Waals surface area contributed by atoms with Crippen LogP contribution in [0.2, 0.25) is 0 Å². The van der Waals surface area contributed by atoms with Gasteiger partial charge in [-0.1, -0.05) is 24.3 Å². The number of hydrogen-bond donors (Lipinski definition) is 2. The van der Waals surface area contributed by atoms with Crippen molar-refractivity contribution in [3.05, 3.63) is 41.5 Å². The molecule has 0 aliphatic heterocycles. The third-order valence-corrected chi connectivity index (χ3v) is 4.55. The lowest BCUT2D eigenvalue weighted by Gasteiger charge is -2.18. The van der Waals surface area contributed by atoms with Crippen LogP contribution in [0.1, 0.15) is 24.5 Å². The van der Waals surface area contributed by atoms with E-state index in [0.717, 1.165) is 18.2 Å². The first-order valence-corrected chi connectivity index (χ1v) is 8.25. The molecule has 3 rings (SSSR count). The van der Waals surface area contributed by atoms with Crippen LogP contribution in [-0.2, 0) is 22.4 Å². The average Bonchev–Trinajstić information content (AvgIpc) is 2.99. The fraction of sp³-hybridized carbons (Fsp3) is 0.368. The molecule has 0 radical (unpaired) electrons. The Hall–Kier alpha value is -2.40. The molecule has 126 valence electrons. The molecule has 1 atom stereocenters. The van der Waals surface area contributed by atoms with E-state index in [1.54, 1.807) is 14.0 Å². The van der Waals surface area contributed by atoms with E-state index in [1.165, 1.54) is 21.4 Å². The first-order valence-electron chi connectivity index (χ1n) is 8.25. The fourth-order valence-corrected chi connectivity index (χ4v) is 3.19. The molecule has 2 N–H and O–H groups in total. The summed E-state index contributed by atoms with van der Waals surface area (Å²) in [4.78, 5) is 25.8. The number of aliphatic hydroxyl groups is 1. The van der Waals surface area contributed by atoms with Crippen molar-refractivity contribution in [3.63, 3.8) is 0 Å². The Kier molecular flexibility index (Phi) is 4.53. The van der Waals surface area contributed by atoms with Gasteiger partial charge >= 0.3 is 11.8 Å². The molecule has 0 fully saturated rings. The lowest BCUT2D eigenvalue weighted by Crippen LogP contribution is -2.38. The molecule has 5 nitrogen and oxygen atoms in total. The summed E-state index contributed by atoms with van der Waals surface area (Å²) >= 11 is 0. The lowest BCUT2D eigenvalue weighted by molar-refractivity contribution is -0.142. The molecule has 0 bridgehead atoms. The van der Waals surface area contributed by atoms with Crippen LogP contribution in [0, 0.1) is 0 Å². The van der Waals surface area contributed by atoms with Crippen molar-refractivity contribution in [3.8, 4) is 0 Å². The van der Waals surface area contributed by atoms with E-state index in [2.05, 4.69) is 11.4 Å². The third-order valence-electron chi connectivity index (χ3n) is 4.55. The summed E-state index contributed by atoms with van der Waals surface area (Å²) in [6.07, 6.45) is 1.98. The van der Waals surface area contributed by atoms with Crippen LogP contribution in [0.4, 0.5) is 5.69 Å². The van der Waals surface area contributed by atoms with E-state index in [4.69, 9.17) is 0 Å². The second-order valence-electron chi connectivity index (χ2n) is 6.43. The number of nitrogens with zero attached hydrogens (tertiary/aromatic N) is 1. The molecule has 0 aromatic heterocycles. The smallest absolute Gasteiger partial charge is 0.313 e. The van der Waals surface area contributed by atoms with E-state index in [1.807, 2.05) is 24.3 Å². The van der Waals surface area contributed by atoms with Gasteiger partial charge in [0, 0.05) is 24.7 Å². The van der Waals surface area contributed by atoms with Gasteiger partial charge in [0.15, 0.2) is 0 Å². The van der Waals surface area contributed by atoms with Gasteiger partial charge in [-0.2, -0.15) is 0 Å². The maximum absolute atomic E-state index is 12.3. The number of aryl methyl sites for hydroxylation is 2. The Labute approximate surface area is 141 Å². The van der Waals surface area contributed by atoms with Crippen molar-refractivity contribution >= 4 is 28.3 Å². The van der Waals surface area contributed by atoms with Gasteiger partial charge in [0.2, 0.25) is 0 Å². The molecule has 24 heavy (non-hydrogen) atoms. The predicted molar refractivity (Wildman–Crippen MR) is 93.9 cm³/mol. The largest absolute Gasteiger partial charge is 0.393 e. The summed E-state index contributed by atoms with van der Waals surface area (Å²) < 4.78 is 0. The van der Waals surface area contributed by atoms with Gasteiger partial charge in [-0.3, -0.25) is 9.59 Å². The number of rotatable bonds is 4. The molecule has 2 amide bonds. The summed E-state index contributed by atoms with van der Waals surface area (Å²) in [6, 6.07) is 9.97. The Morgan fingerprint density at radius 1 is 1.21 bits per heavy atom. The molecule has 0 saturated carbocycles. The van der Waals surface area contributed by atoms with Gasteiger partial charge in [-0.05, 0) is 48.8 Å². The zero-order valence-electron chi connectivity index (χ0n) is 14.0. The van der Waals surface area contributed by atoms with Crippen molar-refractivity contribution in [2.75, 3.05) is 18.9 Å². The summed E-state index contributed by atoms with van der Waals surface area (Å²) in [7, 11) is 1.57. The number of nitrogens with one attached hydrogen (secondary N) is 1. The molecule has 0 saturated heterocycles. The second kappa shape index (κ2) is 6.61. The zero-order valence-corrected chi connectivity index (χ0v) is 14.0. The maximum atomic E-state index is 12.3. The highest BCUT2D eigenvalue weighted by molar-refractivity contribution is 6.40. The molecule has 0 spiro atoms. The summed E-state index contributed by atoms with van der Waals surface area (Å²) in [5.74, 6) is -1.25. The topological polar surface area (TPSA) is 69.6 Å². The van der Waals surface area contributed by atoms with Crippen LogP contribution in [0.15, 0.2) is 30.3 Å². The molecule has 1 unspecified atom stereocenters. The second-order valence-corrected chi connectivity index (χ2v) is 6.43. The minimum Gasteiger partial charge on any atom is -0.393 e. The first kappa shape index (κ1) is 16.5. The average molecular weight is 326 g/mol. The van der Waals surface area contributed by atoms with Gasteiger partial charge in [0.25, 0.3) is 0 Å². The van der Waals surface area contributed by atoms with Crippen LogP contribution < -0.4 is 5.32 Å². The summed E-state index contributed by atoms with van der Waals surface area (Å²) in [5.41, 5.74) is 3.25. The molecular weight excluding hydrogens is 304 g/mol. The van der Waals surface area contributed by atoms with E-state index >= 15 is 0 Å².